The lowest BCUT2D eigenvalue weighted by atomic mass is 9.49. The van der Waals surface area contributed by atoms with E-state index in [1.54, 1.807) is 0 Å². The fourth-order valence-corrected chi connectivity index (χ4v) is 9.28. The van der Waals surface area contributed by atoms with Gasteiger partial charge < -0.3 is 19.5 Å². The van der Waals surface area contributed by atoms with E-state index in [0.29, 0.717) is 31.5 Å². The van der Waals surface area contributed by atoms with Crippen molar-refractivity contribution >= 4 is 11.9 Å². The van der Waals surface area contributed by atoms with Crippen LogP contribution in [-0.2, 0) is 19.1 Å². The first kappa shape index (κ1) is 39.3. The Balaban J connectivity index is 1.09. The highest BCUT2D eigenvalue weighted by Crippen LogP contribution is 2.61. The predicted octanol–water partition coefficient (Wildman–Crippen LogP) is 9.80. The van der Waals surface area contributed by atoms with E-state index in [0.717, 1.165) is 75.9 Å². The Bertz CT molecular complexity index is 765. The van der Waals surface area contributed by atoms with Gasteiger partial charge in [0.25, 0.3) is 0 Å². The number of rotatable bonds is 30. The normalized spacial score (nSPS) is 23.3. The van der Waals surface area contributed by atoms with Crippen molar-refractivity contribution in [2.75, 3.05) is 39.5 Å². The average molecular weight is 648 g/mol. The molecule has 0 radical (unpaired) electrons. The largest absolute Gasteiger partial charge is 0.466 e. The van der Waals surface area contributed by atoms with Crippen LogP contribution in [0.3, 0.4) is 0 Å². The van der Waals surface area contributed by atoms with Crippen molar-refractivity contribution in [3.63, 3.8) is 0 Å². The van der Waals surface area contributed by atoms with Gasteiger partial charge in [-0.3, -0.25) is 9.59 Å². The van der Waals surface area contributed by atoms with Crippen molar-refractivity contribution in [2.45, 2.75) is 180 Å². The summed E-state index contributed by atoms with van der Waals surface area (Å²) in [6.07, 6.45) is 31.6. The first-order valence-corrected chi connectivity index (χ1v) is 20.2. The molecule has 0 saturated heterocycles. The summed E-state index contributed by atoms with van der Waals surface area (Å²) in [5.41, 5.74) is 0.292. The molecule has 4 aliphatic carbocycles. The SMILES string of the molecule is CCCCCCCCCOC(=O)CCCCCCCN(CCCO)CCCCCCCCOC(=O)CC12CC3CC(CC(C3)C1)C2. The number of aliphatic hydroxyl groups excluding tert-OH is 1. The molecule has 268 valence electrons. The molecule has 4 bridgehead atoms. The van der Waals surface area contributed by atoms with E-state index in [1.165, 1.54) is 122 Å². The van der Waals surface area contributed by atoms with E-state index in [-0.39, 0.29) is 18.5 Å². The highest BCUT2D eigenvalue weighted by molar-refractivity contribution is 5.70. The van der Waals surface area contributed by atoms with Gasteiger partial charge in [0.2, 0.25) is 0 Å². The number of hydrogen-bond acceptors (Lipinski definition) is 6. The van der Waals surface area contributed by atoms with Gasteiger partial charge in [-0.05, 0) is 113 Å². The van der Waals surface area contributed by atoms with Crippen LogP contribution >= 0.6 is 0 Å². The zero-order valence-corrected chi connectivity index (χ0v) is 30.1. The molecule has 0 aromatic heterocycles. The molecule has 4 aliphatic rings. The van der Waals surface area contributed by atoms with Crippen molar-refractivity contribution in [3.05, 3.63) is 0 Å². The van der Waals surface area contributed by atoms with E-state index in [9.17, 15) is 14.7 Å². The topological polar surface area (TPSA) is 76.1 Å². The molecule has 6 heteroatoms. The quantitative estimate of drug-likeness (QED) is 0.0618. The van der Waals surface area contributed by atoms with Gasteiger partial charge in [-0.15, -0.1) is 0 Å². The minimum atomic E-state index is -0.0213. The van der Waals surface area contributed by atoms with Crippen LogP contribution in [0.1, 0.15) is 180 Å². The second-order valence-electron chi connectivity index (χ2n) is 15.7. The highest BCUT2D eigenvalue weighted by atomic mass is 16.5. The van der Waals surface area contributed by atoms with Crippen LogP contribution in [0.2, 0.25) is 0 Å². The first-order valence-electron chi connectivity index (χ1n) is 20.2. The molecule has 0 spiro atoms. The molecule has 4 saturated carbocycles. The molecule has 0 aromatic carbocycles. The zero-order valence-electron chi connectivity index (χ0n) is 30.1. The Kier molecular flexibility index (Phi) is 20.6. The third-order valence-corrected chi connectivity index (χ3v) is 11.3. The second-order valence-corrected chi connectivity index (χ2v) is 15.7. The third kappa shape index (κ3) is 16.8. The lowest BCUT2D eigenvalue weighted by Crippen LogP contribution is -2.47. The maximum absolute atomic E-state index is 12.6. The van der Waals surface area contributed by atoms with Gasteiger partial charge >= 0.3 is 11.9 Å². The molecule has 6 nitrogen and oxygen atoms in total. The van der Waals surface area contributed by atoms with E-state index >= 15 is 0 Å². The Labute approximate surface area is 283 Å². The van der Waals surface area contributed by atoms with Crippen LogP contribution < -0.4 is 0 Å². The van der Waals surface area contributed by atoms with E-state index < -0.39 is 0 Å². The van der Waals surface area contributed by atoms with Gasteiger partial charge in [-0.25, -0.2) is 0 Å². The molecule has 0 aliphatic heterocycles. The van der Waals surface area contributed by atoms with Gasteiger partial charge in [0.15, 0.2) is 0 Å². The molecule has 0 heterocycles. The number of carbonyl (C=O) groups is 2. The van der Waals surface area contributed by atoms with E-state index in [1.807, 2.05) is 0 Å². The molecule has 0 aromatic rings. The zero-order chi connectivity index (χ0) is 32.7. The van der Waals surface area contributed by atoms with Gasteiger partial charge in [0, 0.05) is 19.6 Å². The van der Waals surface area contributed by atoms with Gasteiger partial charge in [-0.1, -0.05) is 90.4 Å². The van der Waals surface area contributed by atoms with Crippen molar-refractivity contribution in [2.24, 2.45) is 23.2 Å². The van der Waals surface area contributed by atoms with Crippen LogP contribution in [0, 0.1) is 23.2 Å². The third-order valence-electron chi connectivity index (χ3n) is 11.3. The number of unbranched alkanes of at least 4 members (excludes halogenated alkanes) is 15. The fraction of sp³-hybridized carbons (Fsp3) is 0.950. The summed E-state index contributed by atoms with van der Waals surface area (Å²) in [5.74, 6) is 2.73. The number of carbonyl (C=O) groups excluding carboxylic acids is 2. The molecule has 4 fully saturated rings. The summed E-state index contributed by atoms with van der Waals surface area (Å²) in [4.78, 5) is 27.1. The fourth-order valence-electron chi connectivity index (χ4n) is 9.28. The smallest absolute Gasteiger partial charge is 0.306 e. The summed E-state index contributed by atoms with van der Waals surface area (Å²) in [6, 6.07) is 0. The molecule has 46 heavy (non-hydrogen) atoms. The monoisotopic (exact) mass is 648 g/mol. The predicted molar refractivity (Wildman–Crippen MR) is 189 cm³/mol. The Morgan fingerprint density at radius 1 is 0.587 bits per heavy atom. The summed E-state index contributed by atoms with van der Waals surface area (Å²) < 4.78 is 11.1. The van der Waals surface area contributed by atoms with Crippen molar-refractivity contribution in [1.29, 1.82) is 0 Å². The molecule has 4 rings (SSSR count). The van der Waals surface area contributed by atoms with Crippen LogP contribution in [0.5, 0.6) is 0 Å². The molecule has 1 N–H and O–H groups in total. The average Bonchev–Trinajstić information content (AvgIpc) is 3.02. The Morgan fingerprint density at radius 3 is 1.54 bits per heavy atom. The Hall–Kier alpha value is -1.14. The lowest BCUT2D eigenvalue weighted by molar-refractivity contribution is -0.152. The van der Waals surface area contributed by atoms with Crippen LogP contribution in [-0.4, -0.2) is 61.4 Å². The number of hydrogen-bond donors (Lipinski definition) is 1. The second kappa shape index (κ2) is 24.1. The highest BCUT2D eigenvalue weighted by Gasteiger charge is 2.51. The van der Waals surface area contributed by atoms with E-state index in [2.05, 4.69) is 11.8 Å². The number of aliphatic hydroxyl groups is 1. The maximum Gasteiger partial charge on any atom is 0.306 e. The van der Waals surface area contributed by atoms with Crippen LogP contribution in [0.25, 0.3) is 0 Å². The summed E-state index contributed by atoms with van der Waals surface area (Å²) in [5, 5.41) is 9.33. The van der Waals surface area contributed by atoms with Crippen LogP contribution in [0.4, 0.5) is 0 Å². The molecular weight excluding hydrogens is 574 g/mol. The first-order chi connectivity index (χ1) is 22.5. The minimum absolute atomic E-state index is 0.0213. The summed E-state index contributed by atoms with van der Waals surface area (Å²) in [7, 11) is 0. The Morgan fingerprint density at radius 2 is 1.02 bits per heavy atom. The molecule has 0 amide bonds. The van der Waals surface area contributed by atoms with Gasteiger partial charge in [0.05, 0.1) is 19.6 Å². The van der Waals surface area contributed by atoms with Gasteiger partial charge in [-0.2, -0.15) is 0 Å². The number of ether oxygens (including phenoxy) is 2. The van der Waals surface area contributed by atoms with E-state index in [4.69, 9.17) is 9.47 Å². The molecule has 0 atom stereocenters. The van der Waals surface area contributed by atoms with Crippen LogP contribution in [0.15, 0.2) is 0 Å². The van der Waals surface area contributed by atoms with Gasteiger partial charge in [0.1, 0.15) is 0 Å². The maximum atomic E-state index is 12.6. The van der Waals surface area contributed by atoms with Crippen molar-refractivity contribution in [3.8, 4) is 0 Å². The number of nitrogens with zero attached hydrogens (tertiary/aromatic N) is 1. The number of esters is 2. The summed E-state index contributed by atoms with van der Waals surface area (Å²) >= 11 is 0. The summed E-state index contributed by atoms with van der Waals surface area (Å²) in [6.45, 7) is 6.90. The van der Waals surface area contributed by atoms with Crippen molar-refractivity contribution in [1.82, 2.24) is 4.90 Å². The lowest BCUT2D eigenvalue weighted by Gasteiger charge is -2.56. The van der Waals surface area contributed by atoms with Crippen molar-refractivity contribution < 1.29 is 24.2 Å². The molecular formula is C40H73NO5. The minimum Gasteiger partial charge on any atom is -0.466 e. The molecule has 0 unspecified atom stereocenters. The standard InChI is InChI=1S/C40H73NO5/c1-2-3-4-5-7-13-18-26-45-38(43)21-15-10-9-12-17-23-41(24-20-25-42)22-16-11-6-8-14-19-27-46-39(44)34-40-31-35-28-36(32-40)30-37(29-35)33-40/h35-37,42H,2-34H2,1H3.